The van der Waals surface area contributed by atoms with Gasteiger partial charge in [-0.2, -0.15) is 0 Å². The Kier molecular flexibility index (Phi) is 5.70. The summed E-state index contributed by atoms with van der Waals surface area (Å²) in [5.74, 6) is -2.72. The van der Waals surface area contributed by atoms with Crippen LogP contribution in [0.3, 0.4) is 0 Å². The fraction of sp³-hybridized carbons (Fsp3) is 0.118. The van der Waals surface area contributed by atoms with Crippen LogP contribution in [0.1, 0.15) is 26.3 Å². The van der Waals surface area contributed by atoms with Crippen molar-refractivity contribution in [3.05, 3.63) is 69.7 Å². The van der Waals surface area contributed by atoms with Crippen molar-refractivity contribution in [3.8, 4) is 0 Å². The summed E-state index contributed by atoms with van der Waals surface area (Å²) in [6.07, 6.45) is 0.0506. The van der Waals surface area contributed by atoms with E-state index in [1.165, 1.54) is 24.3 Å². The maximum absolute atomic E-state index is 12.2. The highest BCUT2D eigenvalue weighted by molar-refractivity contribution is 9.10. The van der Waals surface area contributed by atoms with Crippen LogP contribution in [0.15, 0.2) is 53.0 Å². The minimum atomic E-state index is -1.17. The molecule has 1 amide bonds. The molecule has 2 aromatic rings. The van der Waals surface area contributed by atoms with Gasteiger partial charge in [0.25, 0.3) is 5.91 Å². The van der Waals surface area contributed by atoms with Gasteiger partial charge >= 0.3 is 11.9 Å². The second-order valence-corrected chi connectivity index (χ2v) is 6.00. The van der Waals surface area contributed by atoms with E-state index < -0.39 is 23.9 Å². The number of hydrogen-bond acceptors (Lipinski definition) is 3. The molecule has 6 nitrogen and oxygen atoms in total. The Hall–Kier alpha value is -2.67. The molecule has 2 aromatic carbocycles. The van der Waals surface area contributed by atoms with E-state index in [9.17, 15) is 19.5 Å². The zero-order valence-electron chi connectivity index (χ0n) is 12.4. The minimum Gasteiger partial charge on any atom is -0.480 e. The Morgan fingerprint density at radius 1 is 1.00 bits per heavy atom. The number of amides is 1. The lowest BCUT2D eigenvalue weighted by molar-refractivity contribution is -0.139. The lowest BCUT2D eigenvalue weighted by Crippen LogP contribution is -2.42. The molecule has 0 radical (unpaired) electrons. The molecular formula is C17H14BrNO5. The van der Waals surface area contributed by atoms with Crippen LogP contribution in [0.5, 0.6) is 0 Å². The number of aromatic carboxylic acids is 1. The Bertz CT molecular complexity index is 773. The van der Waals surface area contributed by atoms with Gasteiger partial charge in [0.05, 0.1) is 5.56 Å². The monoisotopic (exact) mass is 391 g/mol. The molecule has 0 aliphatic rings. The van der Waals surface area contributed by atoms with Gasteiger partial charge in [0, 0.05) is 16.5 Å². The third-order valence-corrected chi connectivity index (χ3v) is 3.82. The lowest BCUT2D eigenvalue weighted by Gasteiger charge is -2.15. The first kappa shape index (κ1) is 17.7. The van der Waals surface area contributed by atoms with E-state index in [1.54, 1.807) is 24.3 Å². The van der Waals surface area contributed by atoms with Crippen LogP contribution in [0, 0.1) is 0 Å². The standard InChI is InChI=1S/C17H14BrNO5/c18-13-3-1-2-12(9-13)15(20)19-14(17(23)24)8-10-4-6-11(7-5-10)16(21)22/h1-7,9,14H,8H2,(H,19,20)(H,21,22)(H,23,24)/t14-/m0/s1. The summed E-state index contributed by atoms with van der Waals surface area (Å²) in [4.78, 5) is 34.4. The molecule has 7 heteroatoms. The second kappa shape index (κ2) is 7.74. The van der Waals surface area contributed by atoms with E-state index in [0.717, 1.165) is 0 Å². The van der Waals surface area contributed by atoms with E-state index in [1.807, 2.05) is 0 Å². The summed E-state index contributed by atoms with van der Waals surface area (Å²) in [5.41, 5.74) is 1.07. The maximum atomic E-state index is 12.2. The van der Waals surface area contributed by atoms with Crippen molar-refractivity contribution < 1.29 is 24.6 Å². The van der Waals surface area contributed by atoms with Gasteiger partial charge in [-0.25, -0.2) is 9.59 Å². The van der Waals surface area contributed by atoms with Gasteiger partial charge in [-0.1, -0.05) is 34.1 Å². The van der Waals surface area contributed by atoms with E-state index in [-0.39, 0.29) is 12.0 Å². The van der Waals surface area contributed by atoms with Crippen LogP contribution in [0.4, 0.5) is 0 Å². The van der Waals surface area contributed by atoms with Crippen LogP contribution in [0.25, 0.3) is 0 Å². The van der Waals surface area contributed by atoms with Gasteiger partial charge in [0.2, 0.25) is 0 Å². The van der Waals surface area contributed by atoms with Gasteiger partial charge in [0.1, 0.15) is 6.04 Å². The summed E-state index contributed by atoms with van der Waals surface area (Å²) < 4.78 is 0.714. The summed E-state index contributed by atoms with van der Waals surface area (Å²) in [5, 5.41) is 20.6. The minimum absolute atomic E-state index is 0.0506. The van der Waals surface area contributed by atoms with E-state index in [0.29, 0.717) is 15.6 Å². The fourth-order valence-electron chi connectivity index (χ4n) is 2.09. The van der Waals surface area contributed by atoms with Gasteiger partial charge in [-0.15, -0.1) is 0 Å². The largest absolute Gasteiger partial charge is 0.480 e. The molecule has 124 valence electrons. The third-order valence-electron chi connectivity index (χ3n) is 3.33. The van der Waals surface area contributed by atoms with Gasteiger partial charge in [0.15, 0.2) is 0 Å². The molecule has 0 heterocycles. The Morgan fingerprint density at radius 2 is 1.67 bits per heavy atom. The number of halogens is 1. The number of aliphatic carboxylic acids is 1. The van der Waals surface area contributed by atoms with E-state index in [2.05, 4.69) is 21.2 Å². The SMILES string of the molecule is O=C(O)c1ccc(C[C@H](NC(=O)c2cccc(Br)c2)C(=O)O)cc1. The summed E-state index contributed by atoms with van der Waals surface area (Å²) in [6, 6.07) is 11.4. The van der Waals surface area contributed by atoms with Crippen molar-refractivity contribution >= 4 is 33.8 Å². The first-order valence-corrected chi connectivity index (χ1v) is 7.77. The normalized spacial score (nSPS) is 11.5. The lowest BCUT2D eigenvalue weighted by atomic mass is 10.0. The maximum Gasteiger partial charge on any atom is 0.335 e. The summed E-state index contributed by atoms with van der Waals surface area (Å²) in [6.45, 7) is 0. The third kappa shape index (κ3) is 4.66. The number of carbonyl (C=O) groups excluding carboxylic acids is 1. The van der Waals surface area contributed by atoms with Crippen LogP contribution in [-0.4, -0.2) is 34.1 Å². The molecule has 0 bridgehead atoms. The Labute approximate surface area is 146 Å². The summed E-state index contributed by atoms with van der Waals surface area (Å²) >= 11 is 3.25. The van der Waals surface area contributed by atoms with Crippen LogP contribution < -0.4 is 5.32 Å². The quantitative estimate of drug-likeness (QED) is 0.701. The van der Waals surface area contributed by atoms with Crippen LogP contribution in [0.2, 0.25) is 0 Å². The molecule has 0 saturated heterocycles. The molecule has 0 aliphatic carbocycles. The zero-order chi connectivity index (χ0) is 17.7. The van der Waals surface area contributed by atoms with Crippen LogP contribution in [-0.2, 0) is 11.2 Å². The predicted octanol–water partition coefficient (Wildman–Crippen LogP) is 2.57. The number of carboxylic acids is 2. The number of nitrogens with one attached hydrogen (secondary N) is 1. The molecule has 24 heavy (non-hydrogen) atoms. The molecule has 3 N–H and O–H groups in total. The number of carboxylic acid groups (broad SMARTS) is 2. The van der Waals surface area contributed by atoms with Crippen molar-refractivity contribution in [3.63, 3.8) is 0 Å². The highest BCUT2D eigenvalue weighted by Crippen LogP contribution is 2.12. The van der Waals surface area contributed by atoms with Crippen molar-refractivity contribution in [2.45, 2.75) is 12.5 Å². The average Bonchev–Trinajstić information content (AvgIpc) is 2.54. The summed E-state index contributed by atoms with van der Waals surface area (Å²) in [7, 11) is 0. The van der Waals surface area contributed by atoms with E-state index >= 15 is 0 Å². The van der Waals surface area contributed by atoms with Gasteiger partial charge in [-0.3, -0.25) is 4.79 Å². The Balaban J connectivity index is 2.10. The predicted molar refractivity (Wildman–Crippen MR) is 90.1 cm³/mol. The highest BCUT2D eigenvalue weighted by atomic mass is 79.9. The van der Waals surface area contributed by atoms with Crippen molar-refractivity contribution in [2.75, 3.05) is 0 Å². The molecular weight excluding hydrogens is 378 g/mol. The van der Waals surface area contributed by atoms with Crippen molar-refractivity contribution in [1.82, 2.24) is 5.32 Å². The topological polar surface area (TPSA) is 104 Å². The number of rotatable bonds is 6. The first-order chi connectivity index (χ1) is 11.4. The zero-order valence-corrected chi connectivity index (χ0v) is 14.0. The van der Waals surface area contributed by atoms with Crippen molar-refractivity contribution in [2.24, 2.45) is 0 Å². The van der Waals surface area contributed by atoms with Gasteiger partial charge < -0.3 is 15.5 Å². The number of carbonyl (C=O) groups is 3. The average molecular weight is 392 g/mol. The van der Waals surface area contributed by atoms with Crippen molar-refractivity contribution in [1.29, 1.82) is 0 Å². The molecule has 0 aromatic heterocycles. The highest BCUT2D eigenvalue weighted by Gasteiger charge is 2.21. The van der Waals surface area contributed by atoms with E-state index in [4.69, 9.17) is 5.11 Å². The second-order valence-electron chi connectivity index (χ2n) is 5.08. The smallest absolute Gasteiger partial charge is 0.335 e. The molecule has 0 saturated carbocycles. The molecule has 2 rings (SSSR count). The fourth-order valence-corrected chi connectivity index (χ4v) is 2.49. The Morgan fingerprint density at radius 3 is 2.21 bits per heavy atom. The molecule has 0 spiro atoms. The molecule has 0 fully saturated rings. The van der Waals surface area contributed by atoms with Gasteiger partial charge in [-0.05, 0) is 35.9 Å². The first-order valence-electron chi connectivity index (χ1n) is 6.98. The molecule has 0 aliphatic heterocycles. The molecule has 1 atom stereocenters. The number of benzene rings is 2. The number of hydrogen-bond donors (Lipinski definition) is 3. The van der Waals surface area contributed by atoms with Crippen LogP contribution >= 0.6 is 15.9 Å². The molecule has 0 unspecified atom stereocenters.